The molecule has 0 aromatic carbocycles. The zero-order valence-electron chi connectivity index (χ0n) is 13.8. The fraction of sp³-hybridized carbons (Fsp3) is 0.389. The molecule has 2 N–H and O–H groups in total. The molecule has 2 aromatic heterocycles. The number of rotatable bonds is 3. The predicted octanol–water partition coefficient (Wildman–Crippen LogP) is 4.40. The zero-order valence-corrected chi connectivity index (χ0v) is 16.2. The van der Waals surface area contributed by atoms with Crippen molar-refractivity contribution in [3.63, 3.8) is 0 Å². The zero-order chi connectivity index (χ0) is 17.6. The molecule has 25 heavy (non-hydrogen) atoms. The molecule has 1 amide bonds. The van der Waals surface area contributed by atoms with Gasteiger partial charge in [-0.1, -0.05) is 18.9 Å². The Bertz CT molecular complexity index is 802. The summed E-state index contributed by atoms with van der Waals surface area (Å²) in [5.41, 5.74) is 1.86. The van der Waals surface area contributed by atoms with Crippen molar-refractivity contribution in [2.24, 2.45) is 0 Å². The molecule has 0 atom stereocenters. The number of amides is 1. The number of hydrogen-bond acceptors (Lipinski definition) is 5. The van der Waals surface area contributed by atoms with E-state index in [4.69, 9.17) is 12.2 Å². The molecule has 0 unspecified atom stereocenters. The van der Waals surface area contributed by atoms with Gasteiger partial charge in [0.1, 0.15) is 11.1 Å². The molecule has 0 saturated carbocycles. The number of hydrogen-bond donors (Lipinski definition) is 2. The van der Waals surface area contributed by atoms with Gasteiger partial charge in [-0.05, 0) is 54.9 Å². The molecule has 0 fully saturated rings. The summed E-state index contributed by atoms with van der Waals surface area (Å²) in [7, 11) is 0. The van der Waals surface area contributed by atoms with Crippen molar-refractivity contribution in [3.05, 3.63) is 38.4 Å². The summed E-state index contributed by atoms with van der Waals surface area (Å²) in [4.78, 5) is 14.3. The van der Waals surface area contributed by atoms with Crippen LogP contribution in [0.4, 0.5) is 5.00 Å². The van der Waals surface area contributed by atoms with Gasteiger partial charge in [0, 0.05) is 9.75 Å². The first-order valence-corrected chi connectivity index (χ1v) is 10.5. The molecule has 1 aliphatic rings. The third-order valence-electron chi connectivity index (χ3n) is 4.18. The Hall–Kier alpha value is -1.75. The van der Waals surface area contributed by atoms with Crippen LogP contribution < -0.4 is 10.6 Å². The van der Waals surface area contributed by atoms with Crippen molar-refractivity contribution in [3.8, 4) is 6.07 Å². The second-order valence-electron chi connectivity index (χ2n) is 5.99. The Labute approximate surface area is 160 Å². The fourth-order valence-electron chi connectivity index (χ4n) is 3.00. The molecule has 130 valence electrons. The van der Waals surface area contributed by atoms with Gasteiger partial charge in [0.05, 0.1) is 12.0 Å². The van der Waals surface area contributed by atoms with E-state index >= 15 is 0 Å². The quantitative estimate of drug-likeness (QED) is 0.764. The molecule has 2 aromatic rings. The summed E-state index contributed by atoms with van der Waals surface area (Å²) in [6.07, 6.45) is 7.05. The molecule has 0 radical (unpaired) electrons. The maximum atomic E-state index is 12.1. The van der Waals surface area contributed by atoms with E-state index in [1.807, 2.05) is 17.5 Å². The molecule has 2 heterocycles. The van der Waals surface area contributed by atoms with Gasteiger partial charge in [0.25, 0.3) is 0 Å². The third kappa shape index (κ3) is 4.66. The van der Waals surface area contributed by atoms with Crippen molar-refractivity contribution in [1.29, 1.82) is 5.26 Å². The highest BCUT2D eigenvalue weighted by Gasteiger charge is 2.20. The molecule has 0 spiro atoms. The molecule has 0 aliphatic heterocycles. The Morgan fingerprint density at radius 2 is 2.08 bits per heavy atom. The number of fused-ring (bicyclic) bond motifs is 1. The van der Waals surface area contributed by atoms with Crippen molar-refractivity contribution >= 4 is 50.9 Å². The maximum absolute atomic E-state index is 12.1. The Balaban J connectivity index is 1.67. The van der Waals surface area contributed by atoms with Crippen LogP contribution in [0.5, 0.6) is 0 Å². The summed E-state index contributed by atoms with van der Waals surface area (Å²) in [5.74, 6) is -0.145. The SMILES string of the molecule is N#Cc1c(NC(=S)NC(=O)Cc2cccs2)sc2c1CCCCCC2. The monoisotopic (exact) mass is 389 g/mol. The van der Waals surface area contributed by atoms with Gasteiger partial charge in [-0.2, -0.15) is 5.26 Å². The highest BCUT2D eigenvalue weighted by atomic mass is 32.1. The largest absolute Gasteiger partial charge is 0.323 e. The molecule has 7 heteroatoms. The number of nitrogens with one attached hydrogen (secondary N) is 2. The van der Waals surface area contributed by atoms with Gasteiger partial charge in [-0.25, -0.2) is 0 Å². The molecule has 4 nitrogen and oxygen atoms in total. The fourth-order valence-corrected chi connectivity index (χ4v) is 5.23. The molecule has 0 bridgehead atoms. The lowest BCUT2D eigenvalue weighted by Crippen LogP contribution is -2.34. The molecule has 1 aliphatic carbocycles. The third-order valence-corrected chi connectivity index (χ3v) is 6.47. The maximum Gasteiger partial charge on any atom is 0.231 e. The predicted molar refractivity (Wildman–Crippen MR) is 107 cm³/mol. The number of anilines is 1. The highest BCUT2D eigenvalue weighted by Crippen LogP contribution is 2.36. The average molecular weight is 390 g/mol. The van der Waals surface area contributed by atoms with Crippen LogP contribution in [0.25, 0.3) is 0 Å². The number of nitriles is 1. The van der Waals surface area contributed by atoms with Crippen LogP contribution in [-0.2, 0) is 24.1 Å². The van der Waals surface area contributed by atoms with Crippen LogP contribution in [0, 0.1) is 11.3 Å². The summed E-state index contributed by atoms with van der Waals surface area (Å²) in [6.45, 7) is 0. The van der Waals surface area contributed by atoms with E-state index in [9.17, 15) is 10.1 Å². The van der Waals surface area contributed by atoms with E-state index in [1.54, 1.807) is 22.7 Å². The molecule has 0 saturated heterocycles. The van der Waals surface area contributed by atoms with E-state index in [-0.39, 0.29) is 11.0 Å². The van der Waals surface area contributed by atoms with Crippen molar-refractivity contribution in [1.82, 2.24) is 5.32 Å². The standard InChI is InChI=1S/C18H19N3OS3/c19-11-14-13-7-3-1-2-4-8-15(13)25-17(14)21-18(23)20-16(22)10-12-6-5-9-24-12/h5-6,9H,1-4,7-8,10H2,(H2,20,21,22,23). The minimum atomic E-state index is -0.145. The van der Waals surface area contributed by atoms with Crippen LogP contribution in [0.3, 0.4) is 0 Å². The Kier molecular flexibility index (Phi) is 6.19. The lowest BCUT2D eigenvalue weighted by Gasteiger charge is -2.09. The van der Waals surface area contributed by atoms with Crippen LogP contribution in [-0.4, -0.2) is 11.0 Å². The number of thiocarbonyl (C=S) groups is 1. The van der Waals surface area contributed by atoms with E-state index < -0.39 is 0 Å². The van der Waals surface area contributed by atoms with Crippen LogP contribution >= 0.6 is 34.9 Å². The number of carbonyl (C=O) groups is 1. The molecule has 3 rings (SSSR count). The van der Waals surface area contributed by atoms with Crippen molar-refractivity contribution < 1.29 is 4.79 Å². The Morgan fingerprint density at radius 1 is 1.28 bits per heavy atom. The highest BCUT2D eigenvalue weighted by molar-refractivity contribution is 7.80. The van der Waals surface area contributed by atoms with Crippen LogP contribution in [0.15, 0.2) is 17.5 Å². The lowest BCUT2D eigenvalue weighted by molar-refractivity contribution is -0.118. The molecular formula is C18H19N3OS3. The topological polar surface area (TPSA) is 64.9 Å². The van der Waals surface area contributed by atoms with Gasteiger partial charge in [0.2, 0.25) is 5.91 Å². The lowest BCUT2D eigenvalue weighted by atomic mass is 9.97. The first-order chi connectivity index (χ1) is 12.2. The number of carbonyl (C=O) groups excluding carboxylic acids is 1. The summed E-state index contributed by atoms with van der Waals surface area (Å²) in [5, 5.41) is 18.3. The number of nitrogens with zero attached hydrogens (tertiary/aromatic N) is 1. The van der Waals surface area contributed by atoms with Gasteiger partial charge >= 0.3 is 0 Å². The second-order valence-corrected chi connectivity index (χ2v) is 8.54. The van der Waals surface area contributed by atoms with E-state index in [1.165, 1.54) is 29.7 Å². The Morgan fingerprint density at radius 3 is 2.80 bits per heavy atom. The van der Waals surface area contributed by atoms with Gasteiger partial charge < -0.3 is 10.6 Å². The van der Waals surface area contributed by atoms with Gasteiger partial charge in [0.15, 0.2) is 5.11 Å². The summed E-state index contributed by atoms with van der Waals surface area (Å²) >= 11 is 8.41. The first-order valence-electron chi connectivity index (χ1n) is 8.35. The van der Waals surface area contributed by atoms with Crippen molar-refractivity contribution in [2.75, 3.05) is 5.32 Å². The summed E-state index contributed by atoms with van der Waals surface area (Å²) < 4.78 is 0. The normalized spacial score (nSPS) is 13.9. The van der Waals surface area contributed by atoms with E-state index in [0.717, 1.165) is 29.1 Å². The van der Waals surface area contributed by atoms with Crippen LogP contribution in [0.2, 0.25) is 0 Å². The smallest absolute Gasteiger partial charge is 0.231 e. The first kappa shape index (κ1) is 18.1. The average Bonchev–Trinajstić information content (AvgIpc) is 3.15. The van der Waals surface area contributed by atoms with Crippen LogP contribution in [0.1, 0.15) is 46.6 Å². The van der Waals surface area contributed by atoms with Crippen molar-refractivity contribution in [2.45, 2.75) is 44.9 Å². The van der Waals surface area contributed by atoms with Gasteiger partial charge in [-0.3, -0.25) is 4.79 Å². The summed E-state index contributed by atoms with van der Waals surface area (Å²) in [6, 6.07) is 6.17. The minimum Gasteiger partial charge on any atom is -0.323 e. The van der Waals surface area contributed by atoms with Gasteiger partial charge in [-0.15, -0.1) is 22.7 Å². The number of aryl methyl sites for hydroxylation is 1. The molecular weight excluding hydrogens is 370 g/mol. The van der Waals surface area contributed by atoms with E-state index in [2.05, 4.69) is 16.7 Å². The second kappa shape index (κ2) is 8.56. The number of thiophene rings is 2. The minimum absolute atomic E-state index is 0.145. The van der Waals surface area contributed by atoms with E-state index in [0.29, 0.717) is 12.0 Å².